The van der Waals surface area contributed by atoms with Crippen LogP contribution in [0.15, 0.2) is 48.8 Å². The third-order valence-electron chi connectivity index (χ3n) is 8.31. The zero-order valence-corrected chi connectivity index (χ0v) is 25.6. The first kappa shape index (κ1) is 28.7. The summed E-state index contributed by atoms with van der Waals surface area (Å²) in [5.41, 5.74) is 9.39. The summed E-state index contributed by atoms with van der Waals surface area (Å²) in [6, 6.07) is 6.88. The van der Waals surface area contributed by atoms with Crippen LogP contribution in [-0.2, 0) is 13.5 Å². The zero-order chi connectivity index (χ0) is 30.1. The van der Waals surface area contributed by atoms with Crippen LogP contribution >= 0.6 is 0 Å². The first-order valence-electron chi connectivity index (χ1n) is 14.9. The molecule has 0 fully saturated rings. The van der Waals surface area contributed by atoms with Crippen LogP contribution in [0.2, 0.25) is 0 Å². The van der Waals surface area contributed by atoms with Crippen LogP contribution in [-0.4, -0.2) is 51.7 Å². The Balaban J connectivity index is 1.33. The maximum atomic E-state index is 14.7. The molecule has 43 heavy (non-hydrogen) atoms. The molecule has 0 saturated heterocycles. The molecule has 7 nitrogen and oxygen atoms in total. The van der Waals surface area contributed by atoms with Gasteiger partial charge in [-0.05, 0) is 83.5 Å². The molecule has 2 N–H and O–H groups in total. The van der Waals surface area contributed by atoms with E-state index in [4.69, 9.17) is 9.72 Å². The molecule has 2 aliphatic rings. The molecular weight excluding hydrogens is 539 g/mol. The number of fused-ring (bicyclic) bond motifs is 2. The molecule has 1 aromatic carbocycles. The minimum atomic E-state index is -0.332. The molecule has 0 bridgehead atoms. The number of ether oxygens (including phenoxy) is 1. The van der Waals surface area contributed by atoms with E-state index in [0.717, 1.165) is 83.0 Å². The van der Waals surface area contributed by atoms with Crippen LogP contribution < -0.4 is 20.6 Å². The fraction of sp³-hybridized carbons (Fsp3) is 0.314. The average molecular weight is 579 g/mol. The average Bonchev–Trinajstić information content (AvgIpc) is 3.34. The van der Waals surface area contributed by atoms with Crippen LogP contribution in [0.1, 0.15) is 47.6 Å². The number of likely N-dealkylation sites (N-methyl/N-ethyl adjacent to an activating group) is 1. The quantitative estimate of drug-likeness (QED) is 0.310. The number of H-pyrrole nitrogens is 1. The second-order valence-corrected chi connectivity index (χ2v) is 11.6. The Labute approximate surface area is 252 Å². The van der Waals surface area contributed by atoms with Gasteiger partial charge in [-0.2, -0.15) is 0 Å². The highest BCUT2D eigenvalue weighted by Crippen LogP contribution is 2.35. The van der Waals surface area contributed by atoms with Gasteiger partial charge in [-0.25, -0.2) is 9.37 Å². The molecule has 0 radical (unpaired) electrons. The molecule has 1 aliphatic carbocycles. The maximum absolute atomic E-state index is 14.7. The monoisotopic (exact) mass is 578 g/mol. The van der Waals surface area contributed by atoms with Gasteiger partial charge in [0.2, 0.25) is 0 Å². The summed E-state index contributed by atoms with van der Waals surface area (Å²) in [6.45, 7) is 5.40. The van der Waals surface area contributed by atoms with Crippen molar-refractivity contribution in [2.45, 2.75) is 39.5 Å². The number of imidazole rings is 1. The standard InChI is InChI=1S/C35H39FN6O/c1-22-34(28-9-6-8-24(12-13-30(28)39-22)33-21-38-23(2)42(33)5)32-11-7-10-29-31(40-32)14-15-37-35(29)25-18-26(36)20-27(19-25)43-17-16-41(3)4/h9,11-15,18-21,39-40H,6-8,10,16-17H2,1-5H3/b24-12-,28-9-,30-13+. The molecule has 4 aromatic rings. The Morgan fingerprint density at radius 3 is 2.67 bits per heavy atom. The minimum Gasteiger partial charge on any atom is -0.492 e. The van der Waals surface area contributed by atoms with E-state index < -0.39 is 0 Å². The smallest absolute Gasteiger partial charge is 0.127 e. The predicted octanol–water partition coefficient (Wildman–Crippen LogP) is 5.34. The van der Waals surface area contributed by atoms with Crippen LogP contribution in [0.4, 0.5) is 10.1 Å². The Hall–Kier alpha value is -4.43. The molecular formula is C35H39FN6O. The number of pyridine rings is 1. The lowest BCUT2D eigenvalue weighted by Crippen LogP contribution is -2.26. The number of benzene rings is 1. The van der Waals surface area contributed by atoms with Gasteiger partial charge in [-0.15, -0.1) is 0 Å². The van der Waals surface area contributed by atoms with E-state index in [1.807, 2.05) is 44.2 Å². The van der Waals surface area contributed by atoms with E-state index in [0.29, 0.717) is 12.4 Å². The highest BCUT2D eigenvalue weighted by molar-refractivity contribution is 5.84. The van der Waals surface area contributed by atoms with E-state index in [1.165, 1.54) is 22.4 Å². The summed E-state index contributed by atoms with van der Waals surface area (Å²) in [4.78, 5) is 14.9. The number of aryl methyl sites for hydroxylation is 2. The van der Waals surface area contributed by atoms with Crippen molar-refractivity contribution >= 4 is 29.1 Å². The molecule has 0 amide bonds. The van der Waals surface area contributed by atoms with Crippen molar-refractivity contribution in [3.63, 3.8) is 0 Å². The van der Waals surface area contributed by atoms with E-state index in [-0.39, 0.29) is 5.82 Å². The van der Waals surface area contributed by atoms with Gasteiger partial charge < -0.3 is 24.5 Å². The van der Waals surface area contributed by atoms with Gasteiger partial charge >= 0.3 is 0 Å². The normalized spacial score (nSPS) is 17.5. The van der Waals surface area contributed by atoms with Crippen LogP contribution in [0.25, 0.3) is 34.7 Å². The second kappa shape index (κ2) is 12.1. The summed E-state index contributed by atoms with van der Waals surface area (Å²) in [7, 11) is 6.04. The van der Waals surface area contributed by atoms with E-state index >= 15 is 0 Å². The Kier molecular flexibility index (Phi) is 8.04. The molecule has 0 unspecified atom stereocenters. The molecule has 1 aliphatic heterocycles. The number of nitrogens with one attached hydrogen (secondary N) is 2. The zero-order valence-electron chi connectivity index (χ0n) is 25.6. The van der Waals surface area contributed by atoms with E-state index in [1.54, 1.807) is 12.3 Å². The van der Waals surface area contributed by atoms with Crippen LogP contribution in [0.5, 0.6) is 5.75 Å². The van der Waals surface area contributed by atoms with Crippen LogP contribution in [0, 0.1) is 19.7 Å². The molecule has 0 atom stereocenters. The van der Waals surface area contributed by atoms with Gasteiger partial charge in [0, 0.05) is 70.2 Å². The summed E-state index contributed by atoms with van der Waals surface area (Å²) in [5.74, 6) is 1.19. The van der Waals surface area contributed by atoms with E-state index in [9.17, 15) is 4.39 Å². The Morgan fingerprint density at radius 2 is 1.88 bits per heavy atom. The summed E-state index contributed by atoms with van der Waals surface area (Å²) >= 11 is 0. The molecule has 8 heteroatoms. The SMILES string of the molecule is Cc1[nH]c2/c(c1C1=CCCc3c(ccnc3-c3cc(F)cc(OCCN(C)C)c3)N1)=C/CC\C(c1cnc(C)n1C)=C\C=2. The lowest BCUT2D eigenvalue weighted by atomic mass is 10.0. The highest BCUT2D eigenvalue weighted by atomic mass is 19.1. The molecule has 0 spiro atoms. The summed E-state index contributed by atoms with van der Waals surface area (Å²) in [5, 5.41) is 6.05. The number of aromatic amines is 1. The Morgan fingerprint density at radius 1 is 1.05 bits per heavy atom. The van der Waals surface area contributed by atoms with Crippen molar-refractivity contribution in [1.82, 2.24) is 24.4 Å². The van der Waals surface area contributed by atoms with Crippen molar-refractivity contribution in [1.29, 1.82) is 0 Å². The molecule has 0 saturated carbocycles. The fourth-order valence-corrected chi connectivity index (χ4v) is 5.97. The van der Waals surface area contributed by atoms with Gasteiger partial charge in [-0.1, -0.05) is 18.2 Å². The number of anilines is 1. The first-order valence-corrected chi connectivity index (χ1v) is 14.9. The minimum absolute atomic E-state index is 0.332. The van der Waals surface area contributed by atoms with Gasteiger partial charge in [0.25, 0.3) is 0 Å². The van der Waals surface area contributed by atoms with Gasteiger partial charge in [0.1, 0.15) is 24.0 Å². The third kappa shape index (κ3) is 5.92. The van der Waals surface area contributed by atoms with Crippen LogP contribution in [0.3, 0.4) is 0 Å². The molecule has 222 valence electrons. The first-order chi connectivity index (χ1) is 20.8. The molecule has 3 aromatic heterocycles. The number of nitrogens with zero attached hydrogens (tertiary/aromatic N) is 4. The Bertz CT molecular complexity index is 1860. The fourth-order valence-electron chi connectivity index (χ4n) is 5.97. The van der Waals surface area contributed by atoms with Crippen molar-refractivity contribution in [2.24, 2.45) is 7.05 Å². The highest BCUT2D eigenvalue weighted by Gasteiger charge is 2.20. The molecule has 6 rings (SSSR count). The number of aromatic nitrogens is 4. The van der Waals surface area contributed by atoms with E-state index in [2.05, 4.69) is 58.1 Å². The maximum Gasteiger partial charge on any atom is 0.127 e. The number of allylic oxidation sites excluding steroid dienone is 3. The largest absolute Gasteiger partial charge is 0.492 e. The number of hydrogen-bond acceptors (Lipinski definition) is 5. The third-order valence-corrected chi connectivity index (χ3v) is 8.31. The number of rotatable bonds is 7. The topological polar surface area (TPSA) is 71.0 Å². The lowest BCUT2D eigenvalue weighted by molar-refractivity contribution is 0.260. The molecule has 4 heterocycles. The summed E-state index contributed by atoms with van der Waals surface area (Å²) < 4.78 is 22.7. The lowest BCUT2D eigenvalue weighted by Gasteiger charge is -2.16. The van der Waals surface area contributed by atoms with Gasteiger partial charge in [-0.3, -0.25) is 4.98 Å². The van der Waals surface area contributed by atoms with Gasteiger partial charge in [0.15, 0.2) is 0 Å². The van der Waals surface area contributed by atoms with Crippen molar-refractivity contribution in [3.05, 3.63) is 93.5 Å². The van der Waals surface area contributed by atoms with Crippen molar-refractivity contribution in [2.75, 3.05) is 32.6 Å². The van der Waals surface area contributed by atoms with Gasteiger partial charge in [0.05, 0.1) is 17.6 Å². The van der Waals surface area contributed by atoms with Crippen molar-refractivity contribution < 1.29 is 9.13 Å². The number of halogens is 1. The second-order valence-electron chi connectivity index (χ2n) is 11.6. The predicted molar refractivity (Wildman–Crippen MR) is 172 cm³/mol. The van der Waals surface area contributed by atoms with Crippen molar-refractivity contribution in [3.8, 4) is 17.0 Å². The summed E-state index contributed by atoms with van der Waals surface area (Å²) in [6.07, 6.45) is 16.3. The number of hydrogen-bond donors (Lipinski definition) is 2.